The van der Waals surface area contributed by atoms with Crippen LogP contribution in [0.2, 0.25) is 0 Å². The number of benzene rings is 1. The van der Waals surface area contributed by atoms with Gasteiger partial charge < -0.3 is 4.74 Å². The van der Waals surface area contributed by atoms with Gasteiger partial charge in [-0.1, -0.05) is 37.6 Å². The van der Waals surface area contributed by atoms with Gasteiger partial charge in [0.25, 0.3) is 6.08 Å². The van der Waals surface area contributed by atoms with Crippen molar-refractivity contribution in [2.24, 2.45) is 0 Å². The zero-order valence-electron chi connectivity index (χ0n) is 12.7. The minimum absolute atomic E-state index is 0.413. The molecule has 1 fully saturated rings. The van der Waals surface area contributed by atoms with E-state index in [2.05, 4.69) is 6.92 Å². The fourth-order valence-corrected chi connectivity index (χ4v) is 2.95. The van der Waals surface area contributed by atoms with Crippen LogP contribution in [0.25, 0.3) is 6.08 Å². The van der Waals surface area contributed by atoms with E-state index in [0.29, 0.717) is 17.6 Å². The molecule has 3 heteroatoms. The fraction of sp³-hybridized carbons (Fsp3) is 0.556. The van der Waals surface area contributed by atoms with Gasteiger partial charge in [-0.05, 0) is 49.1 Å². The van der Waals surface area contributed by atoms with Crippen LogP contribution >= 0.6 is 0 Å². The minimum Gasteiger partial charge on any atom is -0.378 e. The standard InChI is InChI=1S/C18H24F2O/c1-2-3-12-21-17-10-8-16(9-11-17)15-6-4-14(5-7-15)13-18(19)20/h4-7,13,16-17H,2-3,8-12H2,1H3/t16-,17-. The maximum absolute atomic E-state index is 12.2. The molecule has 1 aliphatic carbocycles. The molecule has 116 valence electrons. The Morgan fingerprint density at radius 2 is 1.81 bits per heavy atom. The summed E-state index contributed by atoms with van der Waals surface area (Å²) in [4.78, 5) is 0. The van der Waals surface area contributed by atoms with E-state index in [9.17, 15) is 8.78 Å². The van der Waals surface area contributed by atoms with Crippen molar-refractivity contribution in [2.45, 2.75) is 57.5 Å². The molecule has 1 aliphatic rings. The van der Waals surface area contributed by atoms with Crippen LogP contribution in [-0.4, -0.2) is 12.7 Å². The van der Waals surface area contributed by atoms with E-state index in [0.717, 1.165) is 44.8 Å². The normalized spacial score (nSPS) is 22.0. The highest BCUT2D eigenvalue weighted by Crippen LogP contribution is 2.34. The Hall–Kier alpha value is -1.22. The van der Waals surface area contributed by atoms with E-state index in [1.165, 1.54) is 12.0 Å². The van der Waals surface area contributed by atoms with Crippen molar-refractivity contribution >= 4 is 6.08 Å². The second-order valence-electron chi connectivity index (χ2n) is 5.80. The van der Waals surface area contributed by atoms with Crippen LogP contribution in [0.15, 0.2) is 30.3 Å². The van der Waals surface area contributed by atoms with Gasteiger partial charge in [0.05, 0.1) is 6.10 Å². The molecule has 0 bridgehead atoms. The SMILES string of the molecule is CCCCO[C@H]1CC[C@H](c2ccc(C=C(F)F)cc2)CC1. The highest BCUT2D eigenvalue weighted by atomic mass is 19.3. The van der Waals surface area contributed by atoms with Crippen molar-refractivity contribution in [3.63, 3.8) is 0 Å². The van der Waals surface area contributed by atoms with Crippen LogP contribution in [0.3, 0.4) is 0 Å². The molecule has 2 rings (SSSR count). The van der Waals surface area contributed by atoms with Crippen molar-refractivity contribution < 1.29 is 13.5 Å². The van der Waals surface area contributed by atoms with Crippen LogP contribution in [0.1, 0.15) is 62.5 Å². The number of ether oxygens (including phenoxy) is 1. The lowest BCUT2D eigenvalue weighted by molar-refractivity contribution is 0.0232. The van der Waals surface area contributed by atoms with Crippen LogP contribution in [0.5, 0.6) is 0 Å². The Morgan fingerprint density at radius 3 is 2.38 bits per heavy atom. The Kier molecular flexibility index (Phi) is 6.37. The first-order valence-corrected chi connectivity index (χ1v) is 7.93. The first-order chi connectivity index (χ1) is 10.2. The highest BCUT2D eigenvalue weighted by molar-refractivity contribution is 5.50. The lowest BCUT2D eigenvalue weighted by Gasteiger charge is -2.29. The van der Waals surface area contributed by atoms with Gasteiger partial charge in [0, 0.05) is 12.7 Å². The number of hydrogen-bond donors (Lipinski definition) is 0. The van der Waals surface area contributed by atoms with Gasteiger partial charge in [-0.25, -0.2) is 0 Å². The van der Waals surface area contributed by atoms with Gasteiger partial charge in [-0.3, -0.25) is 0 Å². The van der Waals surface area contributed by atoms with Crippen molar-refractivity contribution in [3.8, 4) is 0 Å². The van der Waals surface area contributed by atoms with Crippen LogP contribution in [0, 0.1) is 0 Å². The fourth-order valence-electron chi connectivity index (χ4n) is 2.95. The third-order valence-corrected chi connectivity index (χ3v) is 4.21. The zero-order chi connectivity index (χ0) is 15.1. The molecule has 0 aliphatic heterocycles. The third-order valence-electron chi connectivity index (χ3n) is 4.21. The molecule has 0 unspecified atom stereocenters. The molecule has 0 amide bonds. The van der Waals surface area contributed by atoms with Crippen molar-refractivity contribution in [1.29, 1.82) is 0 Å². The summed E-state index contributed by atoms with van der Waals surface area (Å²) in [5.74, 6) is 0.546. The Labute approximate surface area is 126 Å². The molecule has 0 heterocycles. The molecule has 1 saturated carbocycles. The van der Waals surface area contributed by atoms with Gasteiger partial charge in [0.15, 0.2) is 0 Å². The molecule has 0 aromatic heterocycles. The second-order valence-corrected chi connectivity index (χ2v) is 5.80. The first-order valence-electron chi connectivity index (χ1n) is 7.93. The average Bonchev–Trinajstić information content (AvgIpc) is 2.49. The summed E-state index contributed by atoms with van der Waals surface area (Å²) >= 11 is 0. The van der Waals surface area contributed by atoms with Gasteiger partial charge in [-0.15, -0.1) is 0 Å². The van der Waals surface area contributed by atoms with E-state index in [1.807, 2.05) is 12.1 Å². The van der Waals surface area contributed by atoms with E-state index in [-0.39, 0.29) is 0 Å². The summed E-state index contributed by atoms with van der Waals surface area (Å²) in [6.45, 7) is 3.05. The lowest BCUT2D eigenvalue weighted by Crippen LogP contribution is -2.21. The van der Waals surface area contributed by atoms with Crippen molar-refractivity contribution in [1.82, 2.24) is 0 Å². The molecule has 0 radical (unpaired) electrons. The summed E-state index contributed by atoms with van der Waals surface area (Å²) < 4.78 is 30.3. The largest absolute Gasteiger partial charge is 0.378 e. The predicted molar refractivity (Wildman–Crippen MR) is 82.5 cm³/mol. The van der Waals surface area contributed by atoms with Crippen molar-refractivity contribution in [2.75, 3.05) is 6.61 Å². The molecular weight excluding hydrogens is 270 g/mol. The van der Waals surface area contributed by atoms with E-state index in [4.69, 9.17) is 4.74 Å². The minimum atomic E-state index is -1.65. The number of hydrogen-bond acceptors (Lipinski definition) is 1. The third kappa shape index (κ3) is 5.24. The summed E-state index contributed by atoms with van der Waals surface area (Å²) in [7, 11) is 0. The molecule has 1 aromatic rings. The van der Waals surface area contributed by atoms with Crippen LogP contribution in [-0.2, 0) is 4.74 Å². The first kappa shape index (κ1) is 16.2. The van der Waals surface area contributed by atoms with Gasteiger partial charge in [0.1, 0.15) is 0 Å². The second kappa shape index (κ2) is 8.28. The number of rotatable bonds is 6. The van der Waals surface area contributed by atoms with Crippen molar-refractivity contribution in [3.05, 3.63) is 41.5 Å². The quantitative estimate of drug-likeness (QED) is 0.605. The highest BCUT2D eigenvalue weighted by Gasteiger charge is 2.22. The number of unbranched alkanes of at least 4 members (excludes halogenated alkanes) is 1. The summed E-state index contributed by atoms with van der Waals surface area (Å²) in [6.07, 6.45) is 6.46. The van der Waals surface area contributed by atoms with E-state index >= 15 is 0 Å². The smallest absolute Gasteiger partial charge is 0.270 e. The average molecular weight is 294 g/mol. The zero-order valence-corrected chi connectivity index (χ0v) is 12.7. The Morgan fingerprint density at radius 1 is 1.14 bits per heavy atom. The van der Waals surface area contributed by atoms with E-state index < -0.39 is 6.08 Å². The molecule has 0 saturated heterocycles. The van der Waals surface area contributed by atoms with Gasteiger partial charge in [0.2, 0.25) is 0 Å². The molecule has 1 nitrogen and oxygen atoms in total. The molecular formula is C18H24F2O. The summed E-state index contributed by atoms with van der Waals surface area (Å²) in [5.41, 5.74) is 1.83. The molecule has 21 heavy (non-hydrogen) atoms. The molecule has 0 atom stereocenters. The Balaban J connectivity index is 1.83. The monoisotopic (exact) mass is 294 g/mol. The molecule has 0 N–H and O–H groups in total. The lowest BCUT2D eigenvalue weighted by atomic mass is 9.82. The Bertz CT molecular complexity index is 441. The maximum atomic E-state index is 12.2. The van der Waals surface area contributed by atoms with Crippen LogP contribution in [0.4, 0.5) is 8.78 Å². The molecule has 0 spiro atoms. The molecule has 1 aromatic carbocycles. The number of halogens is 2. The summed E-state index contributed by atoms with van der Waals surface area (Å²) in [6, 6.07) is 7.52. The maximum Gasteiger partial charge on any atom is 0.270 e. The van der Waals surface area contributed by atoms with Crippen LogP contribution < -0.4 is 0 Å². The predicted octanol–water partition coefficient (Wildman–Crippen LogP) is 5.77. The van der Waals surface area contributed by atoms with E-state index in [1.54, 1.807) is 12.1 Å². The topological polar surface area (TPSA) is 9.23 Å². The summed E-state index contributed by atoms with van der Waals surface area (Å²) in [5, 5.41) is 0. The van der Waals surface area contributed by atoms with Gasteiger partial charge >= 0.3 is 0 Å². The van der Waals surface area contributed by atoms with Gasteiger partial charge in [-0.2, -0.15) is 8.78 Å².